The molecule has 2 heterocycles. The van der Waals surface area contributed by atoms with E-state index in [0.29, 0.717) is 0 Å². The predicted octanol–water partition coefficient (Wildman–Crippen LogP) is 2.72. The third-order valence-electron chi connectivity index (χ3n) is 3.77. The summed E-state index contributed by atoms with van der Waals surface area (Å²) in [4.78, 5) is 12.2. The highest BCUT2D eigenvalue weighted by molar-refractivity contribution is 7.12. The van der Waals surface area contributed by atoms with Crippen molar-refractivity contribution < 1.29 is 13.9 Å². The van der Waals surface area contributed by atoms with Gasteiger partial charge in [0, 0.05) is 6.61 Å². The van der Waals surface area contributed by atoms with Gasteiger partial charge in [-0.2, -0.15) is 0 Å². The number of carbonyl (C=O) groups excluding carboxylic acids is 1. The summed E-state index contributed by atoms with van der Waals surface area (Å²) in [5, 5.41) is 4.58. The minimum Gasteiger partial charge on any atom is -0.376 e. The Morgan fingerprint density at radius 1 is 1.50 bits per heavy atom. The quantitative estimate of drug-likeness (QED) is 0.916. The molecule has 98 valence electrons. The summed E-state index contributed by atoms with van der Waals surface area (Å²) in [6.45, 7) is 0.773. The van der Waals surface area contributed by atoms with Crippen LogP contribution in [0.15, 0.2) is 11.4 Å². The van der Waals surface area contributed by atoms with Gasteiger partial charge in [0.05, 0.1) is 11.6 Å². The maximum atomic E-state index is 13.4. The van der Waals surface area contributed by atoms with Gasteiger partial charge in [0.25, 0.3) is 5.91 Å². The zero-order valence-electron chi connectivity index (χ0n) is 10.1. The van der Waals surface area contributed by atoms with Crippen molar-refractivity contribution in [3.63, 3.8) is 0 Å². The van der Waals surface area contributed by atoms with Crippen molar-refractivity contribution in [3.8, 4) is 0 Å². The monoisotopic (exact) mass is 269 g/mol. The van der Waals surface area contributed by atoms with Crippen molar-refractivity contribution in [3.05, 3.63) is 22.1 Å². The zero-order valence-corrected chi connectivity index (χ0v) is 10.9. The van der Waals surface area contributed by atoms with Crippen LogP contribution in [0.3, 0.4) is 0 Å². The van der Waals surface area contributed by atoms with E-state index in [1.165, 1.54) is 6.07 Å². The molecule has 1 saturated carbocycles. The van der Waals surface area contributed by atoms with Gasteiger partial charge in [-0.05, 0) is 43.6 Å². The summed E-state index contributed by atoms with van der Waals surface area (Å²) in [7, 11) is 0. The lowest BCUT2D eigenvalue weighted by molar-refractivity contribution is -0.0139. The van der Waals surface area contributed by atoms with Gasteiger partial charge in [-0.15, -0.1) is 11.3 Å². The molecule has 1 unspecified atom stereocenters. The van der Waals surface area contributed by atoms with Crippen molar-refractivity contribution in [2.24, 2.45) is 0 Å². The van der Waals surface area contributed by atoms with E-state index in [0.717, 1.165) is 50.0 Å². The van der Waals surface area contributed by atoms with Gasteiger partial charge in [0.2, 0.25) is 0 Å². The van der Waals surface area contributed by atoms with E-state index < -0.39 is 5.82 Å². The maximum Gasteiger partial charge on any atom is 0.264 e. The average molecular weight is 269 g/mol. The first kappa shape index (κ1) is 12.1. The first-order valence-electron chi connectivity index (χ1n) is 6.38. The van der Waals surface area contributed by atoms with Crippen LogP contribution in [0.5, 0.6) is 0 Å². The van der Waals surface area contributed by atoms with E-state index in [1.807, 2.05) is 0 Å². The minimum atomic E-state index is -0.433. The van der Waals surface area contributed by atoms with Gasteiger partial charge in [-0.1, -0.05) is 0 Å². The van der Waals surface area contributed by atoms with Crippen LogP contribution in [0.25, 0.3) is 0 Å². The van der Waals surface area contributed by atoms with Crippen LogP contribution >= 0.6 is 11.3 Å². The van der Waals surface area contributed by atoms with Crippen LogP contribution in [0.2, 0.25) is 0 Å². The Morgan fingerprint density at radius 2 is 2.33 bits per heavy atom. The van der Waals surface area contributed by atoms with Crippen molar-refractivity contribution in [2.45, 2.75) is 43.7 Å². The maximum absolute atomic E-state index is 13.4. The molecule has 1 amide bonds. The number of amides is 1. The van der Waals surface area contributed by atoms with Crippen molar-refractivity contribution in [2.75, 3.05) is 6.61 Å². The SMILES string of the molecule is O=C(NC1(C2CCCCO2)CC1)c1sccc1F. The Balaban J connectivity index is 1.68. The first-order valence-corrected chi connectivity index (χ1v) is 7.26. The molecule has 5 heteroatoms. The fourth-order valence-corrected chi connectivity index (χ4v) is 3.24. The highest BCUT2D eigenvalue weighted by Crippen LogP contribution is 2.43. The molecule has 1 N–H and O–H groups in total. The Kier molecular flexibility index (Phi) is 3.11. The Hall–Kier alpha value is -0.940. The van der Waals surface area contributed by atoms with Crippen LogP contribution < -0.4 is 5.32 Å². The second-order valence-electron chi connectivity index (χ2n) is 5.06. The molecule has 2 fully saturated rings. The van der Waals surface area contributed by atoms with E-state index in [2.05, 4.69) is 5.32 Å². The summed E-state index contributed by atoms with van der Waals surface area (Å²) in [6.07, 6.45) is 5.23. The molecule has 0 radical (unpaired) electrons. The van der Waals surface area contributed by atoms with Crippen LogP contribution in [0.4, 0.5) is 4.39 Å². The number of nitrogens with one attached hydrogen (secondary N) is 1. The lowest BCUT2D eigenvalue weighted by atomic mass is 10.00. The predicted molar refractivity (Wildman–Crippen MR) is 67.3 cm³/mol. The molecule has 1 saturated heterocycles. The molecule has 1 aliphatic heterocycles. The van der Waals surface area contributed by atoms with Crippen LogP contribution in [-0.2, 0) is 4.74 Å². The number of carbonyl (C=O) groups is 1. The summed E-state index contributed by atoms with van der Waals surface area (Å²) in [5.41, 5.74) is -0.228. The number of hydrogen-bond acceptors (Lipinski definition) is 3. The van der Waals surface area contributed by atoms with E-state index in [-0.39, 0.29) is 22.4 Å². The molecule has 1 aromatic rings. The van der Waals surface area contributed by atoms with Gasteiger partial charge in [-0.3, -0.25) is 4.79 Å². The average Bonchev–Trinajstić information content (AvgIpc) is 3.04. The smallest absolute Gasteiger partial charge is 0.264 e. The van der Waals surface area contributed by atoms with Crippen LogP contribution in [0, 0.1) is 5.82 Å². The number of ether oxygens (including phenoxy) is 1. The molecule has 0 bridgehead atoms. The van der Waals surface area contributed by atoms with Gasteiger partial charge < -0.3 is 10.1 Å². The van der Waals surface area contributed by atoms with Crippen LogP contribution in [0.1, 0.15) is 41.8 Å². The van der Waals surface area contributed by atoms with E-state index in [1.54, 1.807) is 5.38 Å². The number of thiophene rings is 1. The molecular weight excluding hydrogens is 253 g/mol. The Morgan fingerprint density at radius 3 is 2.89 bits per heavy atom. The molecule has 1 aliphatic carbocycles. The second kappa shape index (κ2) is 4.63. The second-order valence-corrected chi connectivity index (χ2v) is 5.98. The number of hydrogen-bond donors (Lipinski definition) is 1. The standard InChI is InChI=1S/C13H16FNO2S/c14-9-4-8-18-11(9)12(16)15-13(5-6-13)10-3-1-2-7-17-10/h4,8,10H,1-3,5-7H2,(H,15,16). The summed E-state index contributed by atoms with van der Waals surface area (Å²) < 4.78 is 19.1. The summed E-state index contributed by atoms with van der Waals surface area (Å²) in [6, 6.07) is 1.33. The molecule has 3 nitrogen and oxygen atoms in total. The van der Waals surface area contributed by atoms with E-state index in [9.17, 15) is 9.18 Å². The first-order chi connectivity index (χ1) is 8.71. The summed E-state index contributed by atoms with van der Waals surface area (Å²) >= 11 is 1.14. The summed E-state index contributed by atoms with van der Waals surface area (Å²) in [5.74, 6) is -0.730. The Bertz CT molecular complexity index is 450. The fourth-order valence-electron chi connectivity index (χ4n) is 2.58. The van der Waals surface area contributed by atoms with E-state index >= 15 is 0 Å². The third-order valence-corrected chi connectivity index (χ3v) is 4.66. The fraction of sp³-hybridized carbons (Fsp3) is 0.615. The molecule has 1 atom stereocenters. The van der Waals surface area contributed by atoms with Crippen molar-refractivity contribution >= 4 is 17.2 Å². The molecule has 0 aromatic carbocycles. The lowest BCUT2D eigenvalue weighted by Gasteiger charge is -2.31. The molecule has 18 heavy (non-hydrogen) atoms. The lowest BCUT2D eigenvalue weighted by Crippen LogP contribution is -2.48. The highest BCUT2D eigenvalue weighted by atomic mass is 32.1. The molecular formula is C13H16FNO2S. The molecule has 0 spiro atoms. The van der Waals surface area contributed by atoms with Gasteiger partial charge in [-0.25, -0.2) is 4.39 Å². The van der Waals surface area contributed by atoms with Gasteiger partial charge in [0.15, 0.2) is 0 Å². The number of halogens is 1. The normalized spacial score (nSPS) is 25.7. The molecule has 1 aromatic heterocycles. The zero-order chi connectivity index (χ0) is 12.6. The van der Waals surface area contributed by atoms with Crippen LogP contribution in [-0.4, -0.2) is 24.2 Å². The van der Waals surface area contributed by atoms with Crippen molar-refractivity contribution in [1.29, 1.82) is 0 Å². The van der Waals surface area contributed by atoms with Gasteiger partial charge in [0.1, 0.15) is 10.7 Å². The highest BCUT2D eigenvalue weighted by Gasteiger charge is 2.51. The third kappa shape index (κ3) is 2.17. The van der Waals surface area contributed by atoms with Crippen molar-refractivity contribution in [1.82, 2.24) is 5.32 Å². The van der Waals surface area contributed by atoms with E-state index in [4.69, 9.17) is 4.74 Å². The molecule has 2 aliphatic rings. The Labute approximate surface area is 109 Å². The number of rotatable bonds is 3. The topological polar surface area (TPSA) is 38.3 Å². The largest absolute Gasteiger partial charge is 0.376 e. The molecule has 3 rings (SSSR count). The minimum absolute atomic E-state index is 0.109. The van der Waals surface area contributed by atoms with Gasteiger partial charge >= 0.3 is 0 Å².